The first kappa shape index (κ1) is 19.1. The van der Waals surface area contributed by atoms with Crippen molar-refractivity contribution in [2.75, 3.05) is 4.90 Å². The number of ether oxygens (including phenoxy) is 1. The van der Waals surface area contributed by atoms with E-state index < -0.39 is 29.3 Å². The summed E-state index contributed by atoms with van der Waals surface area (Å²) >= 11 is 0. The number of esters is 1. The van der Waals surface area contributed by atoms with Crippen molar-refractivity contribution < 1.29 is 19.5 Å². The molecule has 3 aliphatic rings. The van der Waals surface area contributed by atoms with E-state index in [0.29, 0.717) is 22.2 Å². The number of hydroxylamine groups is 2. The number of aromatic nitrogens is 2. The van der Waals surface area contributed by atoms with Gasteiger partial charge in [0.15, 0.2) is 11.8 Å². The smallest absolute Gasteiger partial charge is 0.330 e. The van der Waals surface area contributed by atoms with Crippen LogP contribution < -0.4 is 10.5 Å². The van der Waals surface area contributed by atoms with Gasteiger partial charge in [-0.25, -0.2) is 9.78 Å². The molecule has 2 fully saturated rings. The van der Waals surface area contributed by atoms with Crippen LogP contribution in [0.1, 0.15) is 31.9 Å². The highest BCUT2D eigenvalue weighted by atomic mass is 16.6. The van der Waals surface area contributed by atoms with E-state index in [9.17, 15) is 19.6 Å². The second-order valence-corrected chi connectivity index (χ2v) is 8.97. The summed E-state index contributed by atoms with van der Waals surface area (Å²) in [6.07, 6.45) is 0.499. The predicted octanol–water partition coefficient (Wildman–Crippen LogP) is 1.94. The van der Waals surface area contributed by atoms with Crippen molar-refractivity contribution >= 4 is 28.5 Å². The summed E-state index contributed by atoms with van der Waals surface area (Å²) in [4.78, 5) is 45.3. The maximum atomic E-state index is 13.2. The fourth-order valence-corrected chi connectivity index (χ4v) is 5.25. The van der Waals surface area contributed by atoms with E-state index in [4.69, 9.17) is 4.74 Å². The van der Waals surface area contributed by atoms with E-state index in [0.717, 1.165) is 5.06 Å². The summed E-state index contributed by atoms with van der Waals surface area (Å²) in [5, 5.41) is 12.4. The molecule has 1 aromatic heterocycles. The lowest BCUT2D eigenvalue weighted by molar-refractivity contribution is -0.209. The van der Waals surface area contributed by atoms with Gasteiger partial charge in [-0.15, -0.1) is 5.06 Å². The lowest BCUT2D eigenvalue weighted by Gasteiger charge is -2.35. The second-order valence-electron chi connectivity index (χ2n) is 8.97. The highest BCUT2D eigenvalue weighted by molar-refractivity contribution is 6.05. The van der Waals surface area contributed by atoms with Crippen LogP contribution in [0.2, 0.25) is 0 Å². The van der Waals surface area contributed by atoms with Gasteiger partial charge in [0.05, 0.1) is 22.9 Å². The number of nitrogens with zero attached hydrogens (tertiary/aromatic N) is 4. The number of benzene rings is 2. The normalized spacial score (nSPS) is 28.4. The van der Waals surface area contributed by atoms with Gasteiger partial charge < -0.3 is 9.94 Å². The summed E-state index contributed by atoms with van der Waals surface area (Å²) in [6, 6.07) is 13.1. The largest absolute Gasteiger partial charge is 0.449 e. The lowest BCUT2D eigenvalue weighted by atomic mass is 9.88. The fraction of sp³-hybridized carbons (Fsp3) is 0.304. The summed E-state index contributed by atoms with van der Waals surface area (Å²) in [7, 11) is 0. The Morgan fingerprint density at radius 2 is 1.78 bits per heavy atom. The maximum absolute atomic E-state index is 13.2. The van der Waals surface area contributed by atoms with Crippen molar-refractivity contribution in [2.24, 2.45) is 0 Å². The van der Waals surface area contributed by atoms with Crippen molar-refractivity contribution in [2.45, 2.75) is 43.6 Å². The SMILES string of the molecule is CC1(C)C(=O)N2c3ccccc3C3(CC(n4cnc5ccccc5c4=O)C(=O)O3)C2N1O. The topological polar surface area (TPSA) is 105 Å². The molecule has 2 saturated heterocycles. The molecule has 9 heteroatoms. The van der Waals surface area contributed by atoms with Crippen LogP contribution in [0.15, 0.2) is 59.7 Å². The third kappa shape index (κ3) is 2.14. The molecule has 1 spiro atoms. The average Bonchev–Trinajstić information content (AvgIpc) is 3.33. The number of fused-ring (bicyclic) bond motifs is 6. The standard InChI is InChI=1S/C23H20N4O5/c1-22(2)21(30)26-16-10-6-4-8-14(16)23(20(26)27(22)31)11-17(19(29)32-23)25-12-24-15-9-5-3-7-13(15)18(25)28/h3-10,12,17,20,31H,11H2,1-2H3. The Hall–Kier alpha value is -3.56. The molecule has 0 saturated carbocycles. The van der Waals surface area contributed by atoms with Crippen LogP contribution in [-0.2, 0) is 19.9 Å². The zero-order valence-electron chi connectivity index (χ0n) is 17.4. The van der Waals surface area contributed by atoms with Gasteiger partial charge in [0.2, 0.25) is 0 Å². The van der Waals surface area contributed by atoms with E-state index in [1.807, 2.05) is 0 Å². The van der Waals surface area contributed by atoms with Crippen molar-refractivity contribution in [1.82, 2.24) is 14.6 Å². The van der Waals surface area contributed by atoms with Crippen LogP contribution in [0, 0.1) is 0 Å². The first-order chi connectivity index (χ1) is 15.3. The first-order valence-corrected chi connectivity index (χ1v) is 10.4. The molecule has 1 N–H and O–H groups in total. The van der Waals surface area contributed by atoms with E-state index in [-0.39, 0.29) is 17.9 Å². The fourth-order valence-electron chi connectivity index (χ4n) is 5.25. The van der Waals surface area contributed by atoms with Crippen molar-refractivity contribution in [3.63, 3.8) is 0 Å². The summed E-state index contributed by atoms with van der Waals surface area (Å²) in [6.45, 7) is 3.24. The van der Waals surface area contributed by atoms with Gasteiger partial charge >= 0.3 is 5.97 Å². The average molecular weight is 432 g/mol. The molecule has 4 heterocycles. The molecular formula is C23H20N4O5. The van der Waals surface area contributed by atoms with Gasteiger partial charge in [-0.2, -0.15) is 0 Å². The zero-order chi connectivity index (χ0) is 22.4. The van der Waals surface area contributed by atoms with Crippen LogP contribution in [0.3, 0.4) is 0 Å². The Morgan fingerprint density at radius 1 is 1.06 bits per heavy atom. The highest BCUT2D eigenvalue weighted by Gasteiger charge is 2.70. The first-order valence-electron chi connectivity index (χ1n) is 10.4. The van der Waals surface area contributed by atoms with Crippen LogP contribution >= 0.6 is 0 Å². The van der Waals surface area contributed by atoms with Gasteiger partial charge in [-0.3, -0.25) is 19.1 Å². The predicted molar refractivity (Wildman–Crippen MR) is 113 cm³/mol. The molecule has 0 radical (unpaired) electrons. The maximum Gasteiger partial charge on any atom is 0.330 e. The van der Waals surface area contributed by atoms with Gasteiger partial charge in [0, 0.05) is 12.0 Å². The highest BCUT2D eigenvalue weighted by Crippen LogP contribution is 2.58. The van der Waals surface area contributed by atoms with Crippen molar-refractivity contribution in [3.05, 3.63) is 70.8 Å². The number of hydrogen-bond donors (Lipinski definition) is 1. The Morgan fingerprint density at radius 3 is 2.59 bits per heavy atom. The van der Waals surface area contributed by atoms with E-state index >= 15 is 0 Å². The molecule has 162 valence electrons. The molecular weight excluding hydrogens is 412 g/mol. The van der Waals surface area contributed by atoms with Gasteiger partial charge in [-0.1, -0.05) is 30.3 Å². The zero-order valence-corrected chi connectivity index (χ0v) is 17.4. The Bertz CT molecular complexity index is 1380. The van der Waals surface area contributed by atoms with Gasteiger partial charge in [-0.05, 0) is 32.0 Å². The number of hydrogen-bond acceptors (Lipinski definition) is 7. The van der Waals surface area contributed by atoms with E-state index in [2.05, 4.69) is 4.98 Å². The number of rotatable bonds is 1. The molecule has 9 nitrogen and oxygen atoms in total. The number of amides is 1. The second kappa shape index (κ2) is 6.02. The molecule has 3 atom stereocenters. The van der Waals surface area contributed by atoms with Gasteiger partial charge in [0.25, 0.3) is 11.5 Å². The van der Waals surface area contributed by atoms with Gasteiger partial charge in [0.1, 0.15) is 11.6 Å². The summed E-state index contributed by atoms with van der Waals surface area (Å²) < 4.78 is 7.26. The molecule has 0 aliphatic carbocycles. The van der Waals surface area contributed by atoms with E-state index in [1.165, 1.54) is 15.8 Å². The van der Waals surface area contributed by atoms with Crippen molar-refractivity contribution in [3.8, 4) is 0 Å². The quantitative estimate of drug-likeness (QED) is 0.586. The molecule has 3 unspecified atom stereocenters. The summed E-state index contributed by atoms with van der Waals surface area (Å²) in [5.41, 5.74) is -1.10. The van der Waals surface area contributed by atoms with Crippen LogP contribution in [0.25, 0.3) is 10.9 Å². The Kier molecular flexibility index (Phi) is 3.60. The lowest BCUT2D eigenvalue weighted by Crippen LogP contribution is -2.52. The number of carbonyl (C=O) groups excluding carboxylic acids is 2. The number of para-hydroxylation sites is 2. The molecule has 6 rings (SSSR count). The molecule has 1 amide bonds. The van der Waals surface area contributed by atoms with E-state index in [1.54, 1.807) is 62.4 Å². The minimum atomic E-state index is -1.32. The Balaban J connectivity index is 1.52. The third-order valence-electron chi connectivity index (χ3n) is 6.91. The molecule has 2 aromatic carbocycles. The molecule has 0 bridgehead atoms. The van der Waals surface area contributed by atoms with Crippen LogP contribution in [0.4, 0.5) is 5.69 Å². The summed E-state index contributed by atoms with van der Waals surface area (Å²) in [5.74, 6) is -0.898. The molecule has 32 heavy (non-hydrogen) atoms. The minimum absolute atomic E-state index is 0.0738. The Labute approximate surface area is 182 Å². The third-order valence-corrected chi connectivity index (χ3v) is 6.91. The van der Waals surface area contributed by atoms with Crippen LogP contribution in [0.5, 0.6) is 0 Å². The number of carbonyl (C=O) groups is 2. The molecule has 3 aliphatic heterocycles. The van der Waals surface area contributed by atoms with Crippen molar-refractivity contribution in [1.29, 1.82) is 0 Å². The van der Waals surface area contributed by atoms with Crippen LogP contribution in [-0.4, -0.2) is 43.4 Å². The monoisotopic (exact) mass is 432 g/mol. The minimum Gasteiger partial charge on any atom is -0.449 e. The molecule has 3 aromatic rings. The number of anilines is 1.